The topological polar surface area (TPSA) is 64.3 Å². The van der Waals surface area contributed by atoms with E-state index in [9.17, 15) is 4.79 Å². The number of aliphatic carboxylic acids is 1. The smallest absolute Gasteiger partial charge is 0.309 e. The van der Waals surface area contributed by atoms with Gasteiger partial charge < -0.3 is 5.11 Å². The summed E-state index contributed by atoms with van der Waals surface area (Å²) in [6.07, 6.45) is 0.639. The van der Waals surface area contributed by atoms with Crippen molar-refractivity contribution in [2.24, 2.45) is 11.8 Å². The minimum atomic E-state index is -0.862. The van der Waals surface area contributed by atoms with Crippen LogP contribution in [0.5, 0.6) is 0 Å². The quantitative estimate of drug-likeness (QED) is 0.879. The number of hydrogen-bond donors (Lipinski definition) is 1. The number of hydrogen-bond acceptors (Lipinski definition) is 3. The van der Waals surface area contributed by atoms with Crippen molar-refractivity contribution in [3.63, 3.8) is 0 Å². The second-order valence-corrected chi connectivity index (χ2v) is 4.69. The summed E-state index contributed by atoms with van der Waals surface area (Å²) in [7, 11) is 0. The fraction of sp³-hybridized carbons (Fsp3) is 0.429. The molecule has 2 rings (SSSR count). The molecule has 1 N–H and O–H groups in total. The van der Waals surface area contributed by atoms with Gasteiger partial charge in [-0.1, -0.05) is 30.3 Å². The Morgan fingerprint density at radius 1 is 1.44 bits per heavy atom. The van der Waals surface area contributed by atoms with Crippen LogP contribution in [0.4, 0.5) is 0 Å². The molecule has 1 aliphatic heterocycles. The highest BCUT2D eigenvalue weighted by Gasteiger charge is 2.34. The average molecular weight is 244 g/mol. The summed E-state index contributed by atoms with van der Waals surface area (Å²) in [5.41, 5.74) is 1.18. The normalized spacial score (nSPS) is 24.4. The van der Waals surface area contributed by atoms with Crippen LogP contribution >= 0.6 is 0 Å². The highest BCUT2D eigenvalue weighted by Crippen LogP contribution is 2.24. The lowest BCUT2D eigenvalue weighted by Crippen LogP contribution is -2.43. The molecule has 0 spiro atoms. The van der Waals surface area contributed by atoms with Crippen molar-refractivity contribution in [2.45, 2.75) is 13.0 Å². The van der Waals surface area contributed by atoms with E-state index in [1.807, 2.05) is 30.3 Å². The van der Waals surface area contributed by atoms with Crippen LogP contribution in [0.1, 0.15) is 12.0 Å². The van der Waals surface area contributed by atoms with Crippen molar-refractivity contribution >= 4 is 5.97 Å². The molecule has 4 heteroatoms. The average Bonchev–Trinajstić information content (AvgIpc) is 2.40. The lowest BCUT2D eigenvalue weighted by atomic mass is 9.86. The lowest BCUT2D eigenvalue weighted by Gasteiger charge is -2.33. The molecule has 0 aliphatic carbocycles. The molecule has 18 heavy (non-hydrogen) atoms. The van der Waals surface area contributed by atoms with E-state index in [1.54, 1.807) is 0 Å². The number of carboxylic acid groups (broad SMARTS) is 1. The maximum atomic E-state index is 11.1. The van der Waals surface area contributed by atoms with Crippen LogP contribution in [0.3, 0.4) is 0 Å². The minimum absolute atomic E-state index is 0.352. The fourth-order valence-corrected chi connectivity index (χ4v) is 2.41. The summed E-state index contributed by atoms with van der Waals surface area (Å²) in [5, 5.41) is 18.1. The molecule has 2 unspecified atom stereocenters. The highest BCUT2D eigenvalue weighted by molar-refractivity contribution is 5.71. The molecule has 1 aromatic rings. The van der Waals surface area contributed by atoms with Crippen LogP contribution in [-0.2, 0) is 11.3 Å². The van der Waals surface area contributed by atoms with Crippen LogP contribution in [0.25, 0.3) is 0 Å². The third kappa shape index (κ3) is 2.88. The monoisotopic (exact) mass is 244 g/mol. The van der Waals surface area contributed by atoms with Crippen molar-refractivity contribution in [3.8, 4) is 6.07 Å². The Hall–Kier alpha value is -1.86. The van der Waals surface area contributed by atoms with Crippen molar-refractivity contribution in [1.29, 1.82) is 5.26 Å². The number of nitrogens with zero attached hydrogens (tertiary/aromatic N) is 2. The number of rotatable bonds is 3. The summed E-state index contributed by atoms with van der Waals surface area (Å²) < 4.78 is 0. The number of piperidine rings is 1. The zero-order valence-corrected chi connectivity index (χ0v) is 10.1. The second-order valence-electron chi connectivity index (χ2n) is 4.69. The number of likely N-dealkylation sites (tertiary alicyclic amines) is 1. The number of nitriles is 1. The molecule has 1 heterocycles. The summed E-state index contributed by atoms with van der Waals surface area (Å²) in [4.78, 5) is 13.3. The Balaban J connectivity index is 2.01. The third-order valence-corrected chi connectivity index (χ3v) is 3.43. The first kappa shape index (κ1) is 12.6. The Morgan fingerprint density at radius 3 is 2.78 bits per heavy atom. The standard InChI is InChI=1S/C14H16N2O2/c15-8-12-6-7-16(10-13(12)14(17)18)9-11-4-2-1-3-5-11/h1-5,12-13H,6-7,9-10H2,(H,17,18). The van der Waals surface area contributed by atoms with Gasteiger partial charge in [0.1, 0.15) is 0 Å². The molecule has 0 bridgehead atoms. The van der Waals surface area contributed by atoms with E-state index in [2.05, 4.69) is 11.0 Å². The number of carbonyl (C=O) groups is 1. The van der Waals surface area contributed by atoms with Gasteiger partial charge in [0.25, 0.3) is 0 Å². The SMILES string of the molecule is N#CC1CCN(Cc2ccccc2)CC1C(=O)O. The first-order valence-corrected chi connectivity index (χ1v) is 6.09. The predicted molar refractivity (Wildman–Crippen MR) is 66.6 cm³/mol. The van der Waals surface area contributed by atoms with Crippen LogP contribution in [0, 0.1) is 23.2 Å². The van der Waals surface area contributed by atoms with E-state index in [0.717, 1.165) is 13.1 Å². The van der Waals surface area contributed by atoms with E-state index in [4.69, 9.17) is 10.4 Å². The van der Waals surface area contributed by atoms with Gasteiger partial charge >= 0.3 is 5.97 Å². The molecule has 94 valence electrons. The van der Waals surface area contributed by atoms with Gasteiger partial charge in [0.05, 0.1) is 17.9 Å². The Morgan fingerprint density at radius 2 is 2.17 bits per heavy atom. The molecule has 0 amide bonds. The van der Waals surface area contributed by atoms with Gasteiger partial charge in [-0.05, 0) is 18.5 Å². The van der Waals surface area contributed by atoms with E-state index < -0.39 is 11.9 Å². The zero-order chi connectivity index (χ0) is 13.0. The summed E-state index contributed by atoms with van der Waals surface area (Å²) >= 11 is 0. The van der Waals surface area contributed by atoms with E-state index in [-0.39, 0.29) is 5.92 Å². The molecule has 1 saturated heterocycles. The van der Waals surface area contributed by atoms with Crippen LogP contribution in [0.15, 0.2) is 30.3 Å². The molecule has 1 fully saturated rings. The van der Waals surface area contributed by atoms with Gasteiger partial charge in [0.2, 0.25) is 0 Å². The molecular weight excluding hydrogens is 228 g/mol. The molecule has 1 aromatic carbocycles. The Labute approximate surface area is 106 Å². The molecule has 1 aliphatic rings. The molecule has 2 atom stereocenters. The molecule has 0 radical (unpaired) electrons. The zero-order valence-electron chi connectivity index (χ0n) is 10.1. The van der Waals surface area contributed by atoms with Gasteiger partial charge in [-0.15, -0.1) is 0 Å². The summed E-state index contributed by atoms with van der Waals surface area (Å²) in [5.74, 6) is -1.78. The van der Waals surface area contributed by atoms with E-state index in [0.29, 0.717) is 13.0 Å². The molecular formula is C14H16N2O2. The lowest BCUT2D eigenvalue weighted by molar-refractivity contribution is -0.145. The van der Waals surface area contributed by atoms with Crippen LogP contribution < -0.4 is 0 Å². The van der Waals surface area contributed by atoms with Crippen LogP contribution in [-0.4, -0.2) is 29.1 Å². The highest BCUT2D eigenvalue weighted by atomic mass is 16.4. The third-order valence-electron chi connectivity index (χ3n) is 3.43. The van der Waals surface area contributed by atoms with Crippen molar-refractivity contribution in [3.05, 3.63) is 35.9 Å². The van der Waals surface area contributed by atoms with Gasteiger partial charge in [0.15, 0.2) is 0 Å². The molecule has 0 aromatic heterocycles. The van der Waals surface area contributed by atoms with Gasteiger partial charge in [-0.2, -0.15) is 5.26 Å². The Bertz CT molecular complexity index is 453. The predicted octanol–water partition coefficient (Wildman–Crippen LogP) is 1.73. The maximum Gasteiger partial charge on any atom is 0.309 e. The minimum Gasteiger partial charge on any atom is -0.481 e. The second kappa shape index (κ2) is 5.65. The largest absolute Gasteiger partial charge is 0.481 e. The summed E-state index contributed by atoms with van der Waals surface area (Å²) in [6, 6.07) is 12.1. The Kier molecular flexibility index (Phi) is 3.96. The van der Waals surface area contributed by atoms with Gasteiger partial charge in [-0.3, -0.25) is 9.69 Å². The first-order chi connectivity index (χ1) is 8.70. The van der Waals surface area contributed by atoms with Crippen molar-refractivity contribution in [1.82, 2.24) is 4.90 Å². The van der Waals surface area contributed by atoms with E-state index >= 15 is 0 Å². The van der Waals surface area contributed by atoms with Crippen molar-refractivity contribution in [2.75, 3.05) is 13.1 Å². The van der Waals surface area contributed by atoms with E-state index in [1.165, 1.54) is 5.56 Å². The maximum absolute atomic E-state index is 11.1. The number of carboxylic acids is 1. The first-order valence-electron chi connectivity index (χ1n) is 6.09. The van der Waals surface area contributed by atoms with Gasteiger partial charge in [0, 0.05) is 13.1 Å². The molecule has 0 saturated carbocycles. The summed E-state index contributed by atoms with van der Waals surface area (Å²) in [6.45, 7) is 2.00. The number of benzene rings is 1. The van der Waals surface area contributed by atoms with Gasteiger partial charge in [-0.25, -0.2) is 0 Å². The van der Waals surface area contributed by atoms with Crippen molar-refractivity contribution < 1.29 is 9.90 Å². The molecule has 4 nitrogen and oxygen atoms in total. The fourth-order valence-electron chi connectivity index (χ4n) is 2.41. The van der Waals surface area contributed by atoms with Crippen LogP contribution in [0.2, 0.25) is 0 Å².